The average molecular weight is 397 g/mol. The van der Waals surface area contributed by atoms with Gasteiger partial charge < -0.3 is 10.4 Å². The lowest BCUT2D eigenvalue weighted by molar-refractivity contribution is 0.103. The summed E-state index contributed by atoms with van der Waals surface area (Å²) in [5.41, 5.74) is 1.18. The molecular formula is C18H24N2O4S2. The molecule has 142 valence electrons. The molecule has 0 spiro atoms. The molecule has 0 atom stereocenters. The molecular weight excluding hydrogens is 372 g/mol. The second-order valence-electron chi connectivity index (χ2n) is 5.77. The van der Waals surface area contributed by atoms with Crippen molar-refractivity contribution in [2.24, 2.45) is 0 Å². The van der Waals surface area contributed by atoms with Gasteiger partial charge in [0.05, 0.1) is 15.5 Å². The van der Waals surface area contributed by atoms with Crippen LogP contribution in [0.1, 0.15) is 40.9 Å². The first-order valence-corrected chi connectivity index (χ1v) is 10.7. The van der Waals surface area contributed by atoms with Crippen LogP contribution in [0.25, 0.3) is 0 Å². The molecule has 8 heteroatoms. The van der Waals surface area contributed by atoms with Crippen molar-refractivity contribution >= 4 is 33.0 Å². The Kier molecular flexibility index (Phi) is 6.44. The van der Waals surface area contributed by atoms with Crippen LogP contribution < -0.4 is 5.32 Å². The predicted octanol–water partition coefficient (Wildman–Crippen LogP) is 3.61. The van der Waals surface area contributed by atoms with Crippen LogP contribution in [0.5, 0.6) is 5.75 Å². The maximum absolute atomic E-state index is 12.6. The first-order valence-electron chi connectivity index (χ1n) is 8.48. The third-order valence-corrected chi connectivity index (χ3v) is 7.32. The van der Waals surface area contributed by atoms with E-state index in [1.165, 1.54) is 33.8 Å². The summed E-state index contributed by atoms with van der Waals surface area (Å²) >= 11 is 1.37. The molecule has 6 nitrogen and oxygen atoms in total. The van der Waals surface area contributed by atoms with Gasteiger partial charge in [0.2, 0.25) is 10.0 Å². The molecule has 26 heavy (non-hydrogen) atoms. The molecule has 1 aromatic heterocycles. The van der Waals surface area contributed by atoms with Gasteiger partial charge in [0.1, 0.15) is 5.75 Å². The maximum Gasteiger partial charge on any atom is 0.265 e. The highest BCUT2D eigenvalue weighted by atomic mass is 32.2. The van der Waals surface area contributed by atoms with Crippen LogP contribution in [-0.4, -0.2) is 36.8 Å². The van der Waals surface area contributed by atoms with Gasteiger partial charge in [-0.05, 0) is 43.2 Å². The molecule has 0 aliphatic rings. The van der Waals surface area contributed by atoms with E-state index < -0.39 is 10.0 Å². The van der Waals surface area contributed by atoms with E-state index in [1.54, 1.807) is 13.8 Å². The number of phenolic OH excluding ortho intramolecular Hbond substituents is 1. The number of phenols is 1. The minimum absolute atomic E-state index is 0.0332. The van der Waals surface area contributed by atoms with Crippen LogP contribution in [0.4, 0.5) is 5.69 Å². The Hall–Kier alpha value is -1.90. The van der Waals surface area contributed by atoms with E-state index >= 15 is 0 Å². The number of anilines is 1. The Morgan fingerprint density at radius 2 is 1.85 bits per heavy atom. The summed E-state index contributed by atoms with van der Waals surface area (Å²) in [6.07, 6.45) is 0.832. The number of amides is 1. The van der Waals surface area contributed by atoms with E-state index in [-0.39, 0.29) is 22.2 Å². The van der Waals surface area contributed by atoms with Crippen LogP contribution in [0.2, 0.25) is 0 Å². The number of rotatable bonds is 7. The molecule has 0 saturated carbocycles. The molecule has 1 aromatic carbocycles. The highest BCUT2D eigenvalue weighted by Crippen LogP contribution is 2.29. The maximum atomic E-state index is 12.6. The molecule has 0 aliphatic carbocycles. The number of aromatic hydroxyl groups is 1. The van der Waals surface area contributed by atoms with Crippen molar-refractivity contribution in [1.29, 1.82) is 0 Å². The summed E-state index contributed by atoms with van der Waals surface area (Å²) in [6, 6.07) is 5.73. The zero-order chi connectivity index (χ0) is 19.5. The van der Waals surface area contributed by atoms with Gasteiger partial charge in [-0.25, -0.2) is 8.42 Å². The Morgan fingerprint density at radius 1 is 1.19 bits per heavy atom. The van der Waals surface area contributed by atoms with Gasteiger partial charge in [-0.3, -0.25) is 4.79 Å². The van der Waals surface area contributed by atoms with Gasteiger partial charge in [-0.2, -0.15) is 4.31 Å². The molecule has 0 fully saturated rings. The average Bonchev–Trinajstić information content (AvgIpc) is 2.98. The summed E-state index contributed by atoms with van der Waals surface area (Å²) in [6.45, 7) is 8.17. The van der Waals surface area contributed by atoms with E-state index in [0.717, 1.165) is 16.9 Å². The molecule has 2 rings (SSSR count). The number of carbonyl (C=O) groups excluding carboxylic acids is 1. The van der Waals surface area contributed by atoms with Crippen molar-refractivity contribution in [3.8, 4) is 5.75 Å². The molecule has 1 amide bonds. The Bertz CT molecular complexity index is 900. The third kappa shape index (κ3) is 4.08. The lowest BCUT2D eigenvalue weighted by Crippen LogP contribution is -2.30. The number of nitrogens with one attached hydrogen (secondary N) is 1. The topological polar surface area (TPSA) is 86.7 Å². The molecule has 1 heterocycles. The first kappa shape index (κ1) is 20.4. The van der Waals surface area contributed by atoms with Crippen molar-refractivity contribution in [3.63, 3.8) is 0 Å². The van der Waals surface area contributed by atoms with Crippen molar-refractivity contribution in [3.05, 3.63) is 39.6 Å². The van der Waals surface area contributed by atoms with Crippen molar-refractivity contribution in [1.82, 2.24) is 4.31 Å². The van der Waals surface area contributed by atoms with Gasteiger partial charge in [-0.15, -0.1) is 11.3 Å². The zero-order valence-electron chi connectivity index (χ0n) is 15.4. The Labute approximate surface area is 158 Å². The monoisotopic (exact) mass is 396 g/mol. The van der Waals surface area contributed by atoms with Crippen LogP contribution in [0.15, 0.2) is 29.2 Å². The van der Waals surface area contributed by atoms with Gasteiger partial charge in [-0.1, -0.05) is 20.8 Å². The number of aryl methyl sites for hydroxylation is 2. The Balaban J connectivity index is 2.34. The fraction of sp³-hybridized carbons (Fsp3) is 0.389. The zero-order valence-corrected chi connectivity index (χ0v) is 17.0. The quantitative estimate of drug-likeness (QED) is 0.700. The minimum Gasteiger partial charge on any atom is -0.506 e. The summed E-state index contributed by atoms with van der Waals surface area (Å²) in [5, 5.41) is 12.7. The Morgan fingerprint density at radius 3 is 2.38 bits per heavy atom. The molecule has 0 unspecified atom stereocenters. The largest absolute Gasteiger partial charge is 0.506 e. The standard InChI is InChI=1S/C18H24N2O4S2/c1-5-13-10-17(25-12(13)4)18(22)19-15-11-14(8-9-16(15)21)26(23,24)20(6-2)7-3/h8-11,21H,5-7H2,1-4H3,(H,19,22). The van der Waals surface area contributed by atoms with E-state index in [1.807, 2.05) is 19.9 Å². The number of hydrogen-bond donors (Lipinski definition) is 2. The normalized spacial score (nSPS) is 11.7. The number of thiophene rings is 1. The van der Waals surface area contributed by atoms with Crippen LogP contribution in [0.3, 0.4) is 0 Å². The summed E-state index contributed by atoms with van der Waals surface area (Å²) < 4.78 is 26.6. The molecule has 0 radical (unpaired) electrons. The molecule has 2 aromatic rings. The number of benzene rings is 1. The van der Waals surface area contributed by atoms with E-state index in [4.69, 9.17) is 0 Å². The number of hydrogen-bond acceptors (Lipinski definition) is 5. The van der Waals surface area contributed by atoms with Crippen molar-refractivity contribution in [2.75, 3.05) is 18.4 Å². The summed E-state index contributed by atoms with van der Waals surface area (Å²) in [5.74, 6) is -0.550. The van der Waals surface area contributed by atoms with Crippen LogP contribution >= 0.6 is 11.3 Å². The van der Waals surface area contributed by atoms with Crippen LogP contribution in [-0.2, 0) is 16.4 Å². The SMILES string of the molecule is CCc1cc(C(=O)Nc2cc(S(=O)(=O)N(CC)CC)ccc2O)sc1C. The minimum atomic E-state index is -3.67. The summed E-state index contributed by atoms with van der Waals surface area (Å²) in [7, 11) is -3.67. The van der Waals surface area contributed by atoms with Crippen LogP contribution in [0, 0.1) is 6.92 Å². The van der Waals surface area contributed by atoms with Gasteiger partial charge in [0, 0.05) is 18.0 Å². The number of nitrogens with zero attached hydrogens (tertiary/aromatic N) is 1. The fourth-order valence-electron chi connectivity index (χ4n) is 2.65. The van der Waals surface area contributed by atoms with Crippen molar-refractivity contribution in [2.45, 2.75) is 39.0 Å². The lowest BCUT2D eigenvalue weighted by Gasteiger charge is -2.19. The summed E-state index contributed by atoms with van der Waals surface area (Å²) in [4.78, 5) is 14.1. The predicted molar refractivity (Wildman–Crippen MR) is 105 cm³/mol. The second-order valence-corrected chi connectivity index (χ2v) is 8.96. The molecule has 0 aliphatic heterocycles. The lowest BCUT2D eigenvalue weighted by atomic mass is 10.2. The highest BCUT2D eigenvalue weighted by molar-refractivity contribution is 7.89. The molecule has 2 N–H and O–H groups in total. The van der Waals surface area contributed by atoms with Gasteiger partial charge >= 0.3 is 0 Å². The van der Waals surface area contributed by atoms with Crippen molar-refractivity contribution < 1.29 is 18.3 Å². The number of sulfonamides is 1. The molecule has 0 saturated heterocycles. The van der Waals surface area contributed by atoms with E-state index in [2.05, 4.69) is 5.32 Å². The second kappa shape index (κ2) is 8.20. The van der Waals surface area contributed by atoms with Gasteiger partial charge in [0.25, 0.3) is 5.91 Å². The van der Waals surface area contributed by atoms with E-state index in [9.17, 15) is 18.3 Å². The highest BCUT2D eigenvalue weighted by Gasteiger charge is 2.23. The van der Waals surface area contributed by atoms with Gasteiger partial charge in [0.15, 0.2) is 0 Å². The fourth-order valence-corrected chi connectivity index (χ4v) is 5.15. The van der Waals surface area contributed by atoms with E-state index in [0.29, 0.717) is 18.0 Å². The first-order chi connectivity index (χ1) is 12.2. The molecule has 0 bridgehead atoms. The smallest absolute Gasteiger partial charge is 0.265 e. The number of carbonyl (C=O) groups is 1. The third-order valence-electron chi connectivity index (χ3n) is 4.18.